The third-order valence-electron chi connectivity index (χ3n) is 2.58. The summed E-state index contributed by atoms with van der Waals surface area (Å²) in [4.78, 5) is 10.8. The van der Waals surface area contributed by atoms with Crippen LogP contribution in [-0.2, 0) is 9.53 Å². The molecule has 0 saturated carbocycles. The van der Waals surface area contributed by atoms with E-state index in [1.807, 2.05) is 0 Å². The van der Waals surface area contributed by atoms with Crippen molar-refractivity contribution in [1.82, 2.24) is 0 Å². The van der Waals surface area contributed by atoms with E-state index in [1.54, 1.807) is 0 Å². The summed E-state index contributed by atoms with van der Waals surface area (Å²) >= 11 is 11.3. The molecule has 2 radical (unpaired) electrons. The summed E-state index contributed by atoms with van der Waals surface area (Å²) in [6.45, 7) is 0. The molecule has 100 valence electrons. The largest absolute Gasteiger partial charge is 0.469 e. The first-order chi connectivity index (χ1) is 8.16. The second-order valence-corrected chi connectivity index (χ2v) is 7.37. The Hall–Kier alpha value is 0.267. The third-order valence-corrected chi connectivity index (χ3v) is 4.46. The fraction of sp³-hybridized carbons (Fsp3) is 0.917. The van der Waals surface area contributed by atoms with Gasteiger partial charge >= 0.3 is 5.97 Å². The standard InChI is InChI=1S/C12H22Cl2O2Si/c1-16-11(15)9-7-5-3-2-4-6-8-10-17-12(13)14/h12H,2-10H2,1H3. The number of hydrogen-bond donors (Lipinski definition) is 0. The summed E-state index contributed by atoms with van der Waals surface area (Å²) in [5.74, 6) is -0.0947. The van der Waals surface area contributed by atoms with Gasteiger partial charge in [0.15, 0.2) is 0 Å². The molecule has 0 aromatic carbocycles. The zero-order chi connectivity index (χ0) is 12.9. The highest BCUT2D eigenvalue weighted by molar-refractivity contribution is 6.68. The number of unbranched alkanes of at least 4 members (excludes halogenated alkanes) is 6. The van der Waals surface area contributed by atoms with Crippen LogP contribution in [-0.4, -0.2) is 27.1 Å². The second kappa shape index (κ2) is 12.7. The Morgan fingerprint density at radius 1 is 1.06 bits per heavy atom. The molecule has 17 heavy (non-hydrogen) atoms. The number of rotatable bonds is 11. The fourth-order valence-corrected chi connectivity index (χ4v) is 2.92. The molecule has 5 heteroatoms. The molecule has 0 aliphatic rings. The number of hydrogen-bond acceptors (Lipinski definition) is 2. The van der Waals surface area contributed by atoms with E-state index in [1.165, 1.54) is 39.2 Å². The van der Waals surface area contributed by atoms with Crippen molar-refractivity contribution in [2.24, 2.45) is 0 Å². The maximum atomic E-state index is 10.8. The summed E-state index contributed by atoms with van der Waals surface area (Å²) in [7, 11) is 2.12. The van der Waals surface area contributed by atoms with Crippen LogP contribution < -0.4 is 0 Å². The Labute approximate surface area is 117 Å². The molecule has 0 spiro atoms. The Morgan fingerprint density at radius 2 is 1.59 bits per heavy atom. The minimum atomic E-state index is -0.173. The van der Waals surface area contributed by atoms with Crippen molar-refractivity contribution in [3.8, 4) is 0 Å². The molecule has 0 aromatic heterocycles. The molecule has 0 aliphatic heterocycles. The first kappa shape index (κ1) is 17.3. The highest BCUT2D eigenvalue weighted by Gasteiger charge is 2.00. The SMILES string of the molecule is COC(=O)CCCCCCCCC[Si]C(Cl)Cl. The normalized spacial score (nSPS) is 10.8. The molecule has 0 heterocycles. The lowest BCUT2D eigenvalue weighted by Crippen LogP contribution is -2.00. The zero-order valence-electron chi connectivity index (χ0n) is 10.5. The first-order valence-corrected chi connectivity index (χ1v) is 8.41. The van der Waals surface area contributed by atoms with E-state index in [4.69, 9.17) is 23.2 Å². The summed E-state index contributed by atoms with van der Waals surface area (Å²) in [5.41, 5.74) is 0. The smallest absolute Gasteiger partial charge is 0.305 e. The van der Waals surface area contributed by atoms with Gasteiger partial charge in [-0.15, -0.1) is 23.2 Å². The molecule has 2 nitrogen and oxygen atoms in total. The van der Waals surface area contributed by atoms with E-state index in [2.05, 4.69) is 4.74 Å². The average Bonchev–Trinajstić information content (AvgIpc) is 2.30. The second-order valence-electron chi connectivity index (χ2n) is 4.06. The van der Waals surface area contributed by atoms with Crippen LogP contribution in [0.25, 0.3) is 0 Å². The lowest BCUT2D eigenvalue weighted by molar-refractivity contribution is -0.140. The number of carbonyl (C=O) groups excluding carboxylic acids is 1. The topological polar surface area (TPSA) is 26.3 Å². The van der Waals surface area contributed by atoms with E-state index >= 15 is 0 Å². The zero-order valence-corrected chi connectivity index (χ0v) is 13.0. The van der Waals surface area contributed by atoms with Crippen molar-refractivity contribution in [2.75, 3.05) is 7.11 Å². The van der Waals surface area contributed by atoms with E-state index in [0.29, 0.717) is 15.9 Å². The highest BCUT2D eigenvalue weighted by atomic mass is 35.5. The fourth-order valence-electron chi connectivity index (χ4n) is 1.59. The molecule has 0 aliphatic carbocycles. The van der Waals surface area contributed by atoms with Gasteiger partial charge in [0.05, 0.1) is 21.1 Å². The lowest BCUT2D eigenvalue weighted by Gasteiger charge is -2.02. The minimum absolute atomic E-state index is 0.0947. The number of alkyl halides is 2. The average molecular weight is 297 g/mol. The number of esters is 1. The number of carbonyl (C=O) groups is 1. The Morgan fingerprint density at radius 3 is 2.12 bits per heavy atom. The van der Waals surface area contributed by atoms with Crippen LogP contribution in [0.4, 0.5) is 0 Å². The Bertz CT molecular complexity index is 189. The third kappa shape index (κ3) is 14.2. The van der Waals surface area contributed by atoms with Crippen LogP contribution >= 0.6 is 23.2 Å². The van der Waals surface area contributed by atoms with Crippen molar-refractivity contribution in [3.63, 3.8) is 0 Å². The van der Waals surface area contributed by atoms with Gasteiger partial charge in [0, 0.05) is 6.42 Å². The summed E-state index contributed by atoms with van der Waals surface area (Å²) in [5, 5.41) is 0. The highest BCUT2D eigenvalue weighted by Crippen LogP contribution is 2.11. The van der Waals surface area contributed by atoms with E-state index < -0.39 is 0 Å². The molecule has 0 N–H and O–H groups in total. The van der Waals surface area contributed by atoms with Crippen molar-refractivity contribution < 1.29 is 9.53 Å². The van der Waals surface area contributed by atoms with Gasteiger partial charge < -0.3 is 4.74 Å². The maximum absolute atomic E-state index is 10.8. The quantitative estimate of drug-likeness (QED) is 0.248. The van der Waals surface area contributed by atoms with E-state index in [9.17, 15) is 4.79 Å². The molecule has 0 fully saturated rings. The van der Waals surface area contributed by atoms with Crippen molar-refractivity contribution in [1.29, 1.82) is 0 Å². The van der Waals surface area contributed by atoms with Gasteiger partial charge in [-0.2, -0.15) is 0 Å². The van der Waals surface area contributed by atoms with Crippen LogP contribution in [0.1, 0.15) is 51.4 Å². The van der Waals surface area contributed by atoms with Crippen LogP contribution in [0, 0.1) is 0 Å². The van der Waals surface area contributed by atoms with Gasteiger partial charge in [-0.25, -0.2) is 0 Å². The van der Waals surface area contributed by atoms with Crippen LogP contribution in [0.5, 0.6) is 0 Å². The maximum Gasteiger partial charge on any atom is 0.305 e. The molecule has 0 saturated heterocycles. The van der Waals surface area contributed by atoms with Gasteiger partial charge in [-0.3, -0.25) is 4.79 Å². The van der Waals surface area contributed by atoms with Gasteiger partial charge in [0.2, 0.25) is 0 Å². The molecule has 0 bridgehead atoms. The summed E-state index contributed by atoms with van der Waals surface area (Å²) in [6, 6.07) is 1.15. The molecule has 0 rings (SSSR count). The van der Waals surface area contributed by atoms with E-state index in [-0.39, 0.29) is 10.4 Å². The van der Waals surface area contributed by atoms with Crippen molar-refractivity contribution >= 4 is 38.7 Å². The van der Waals surface area contributed by atoms with Gasteiger partial charge in [0.1, 0.15) is 0 Å². The number of ether oxygens (including phenoxy) is 1. The van der Waals surface area contributed by atoms with Gasteiger partial charge in [-0.1, -0.05) is 44.6 Å². The molecule has 0 atom stereocenters. The van der Waals surface area contributed by atoms with Crippen LogP contribution in [0.2, 0.25) is 6.04 Å². The van der Waals surface area contributed by atoms with Crippen molar-refractivity contribution in [2.45, 2.75) is 61.9 Å². The molecular formula is C12H22Cl2O2Si. The number of halogens is 2. The van der Waals surface area contributed by atoms with Crippen LogP contribution in [0.3, 0.4) is 0 Å². The van der Waals surface area contributed by atoms with Crippen LogP contribution in [0.15, 0.2) is 0 Å². The molecular weight excluding hydrogens is 275 g/mol. The lowest BCUT2D eigenvalue weighted by atomic mass is 10.1. The molecule has 0 amide bonds. The van der Waals surface area contributed by atoms with E-state index in [0.717, 1.165) is 18.9 Å². The monoisotopic (exact) mass is 296 g/mol. The first-order valence-electron chi connectivity index (χ1n) is 6.25. The van der Waals surface area contributed by atoms with Gasteiger partial charge in [0.25, 0.3) is 0 Å². The summed E-state index contributed by atoms with van der Waals surface area (Å²) < 4.78 is 4.41. The number of methoxy groups -OCH3 is 1. The van der Waals surface area contributed by atoms with Gasteiger partial charge in [-0.05, 0) is 6.42 Å². The molecule has 0 unspecified atom stereocenters. The molecule has 0 aromatic rings. The van der Waals surface area contributed by atoms with Crippen molar-refractivity contribution in [3.05, 3.63) is 0 Å². The summed E-state index contributed by atoms with van der Waals surface area (Å²) in [6.07, 6.45) is 8.89. The predicted octanol–water partition coefficient (Wildman–Crippen LogP) is 4.16. The minimum Gasteiger partial charge on any atom is -0.469 e. The predicted molar refractivity (Wildman–Crippen MR) is 75.0 cm³/mol. The Balaban J connectivity index is 3.01. The Kier molecular flexibility index (Phi) is 12.9.